The highest BCUT2D eigenvalue weighted by Crippen LogP contribution is 2.21. The van der Waals surface area contributed by atoms with Gasteiger partial charge in [0.05, 0.1) is 0 Å². The third-order valence-electron chi connectivity index (χ3n) is 1.60. The molecule has 0 spiro atoms. The number of rotatable bonds is 4. The average Bonchev–Trinajstić information content (AvgIpc) is 2.04. The Bertz CT molecular complexity index is 243. The third-order valence-corrected chi connectivity index (χ3v) is 2.71. The number of thioether (sulfide) groups is 1. The van der Waals surface area contributed by atoms with Crippen molar-refractivity contribution in [2.24, 2.45) is 0 Å². The Balaban J connectivity index is 2.29. The number of aromatic nitrogens is 1. The summed E-state index contributed by atoms with van der Waals surface area (Å²) in [6.45, 7) is 3.62. The summed E-state index contributed by atoms with van der Waals surface area (Å²) in [5.41, 5.74) is 1.27. The van der Waals surface area contributed by atoms with Gasteiger partial charge in [-0.3, -0.25) is 4.98 Å². The monoisotopic (exact) mass is 197 g/mol. The maximum atomic E-state index is 9.45. The standard InChI is InChI=1S/C10H15NOS/c1-10(2,12)13-8-5-9-3-6-11-7-4-9/h3-4,6-7,12H,5,8H2,1-2H3. The van der Waals surface area contributed by atoms with Crippen LogP contribution < -0.4 is 0 Å². The lowest BCUT2D eigenvalue weighted by Gasteiger charge is -2.15. The number of pyridine rings is 1. The molecule has 0 aromatic carbocycles. The molecule has 1 N–H and O–H groups in total. The van der Waals surface area contributed by atoms with Gasteiger partial charge in [-0.1, -0.05) is 0 Å². The average molecular weight is 197 g/mol. The highest BCUT2D eigenvalue weighted by Gasteiger charge is 2.11. The second-order valence-corrected chi connectivity index (χ2v) is 5.10. The van der Waals surface area contributed by atoms with Crippen LogP contribution in [0.1, 0.15) is 19.4 Å². The number of nitrogens with zero attached hydrogens (tertiary/aromatic N) is 1. The Kier molecular flexibility index (Phi) is 3.75. The molecule has 0 bridgehead atoms. The lowest BCUT2D eigenvalue weighted by Crippen LogP contribution is -2.13. The van der Waals surface area contributed by atoms with Crippen molar-refractivity contribution < 1.29 is 5.11 Å². The molecule has 0 aliphatic carbocycles. The van der Waals surface area contributed by atoms with Crippen molar-refractivity contribution in [2.75, 3.05) is 5.75 Å². The van der Waals surface area contributed by atoms with Crippen molar-refractivity contribution in [1.29, 1.82) is 0 Å². The first-order valence-electron chi connectivity index (χ1n) is 4.33. The van der Waals surface area contributed by atoms with Gasteiger partial charge in [-0.15, -0.1) is 11.8 Å². The van der Waals surface area contributed by atoms with E-state index in [1.165, 1.54) is 5.56 Å². The SMILES string of the molecule is CC(C)(O)SCCc1ccncc1. The van der Waals surface area contributed by atoms with Gasteiger partial charge in [0, 0.05) is 18.1 Å². The third kappa shape index (κ3) is 4.90. The van der Waals surface area contributed by atoms with E-state index in [2.05, 4.69) is 4.98 Å². The van der Waals surface area contributed by atoms with E-state index in [4.69, 9.17) is 0 Å². The van der Waals surface area contributed by atoms with Crippen LogP contribution >= 0.6 is 11.8 Å². The molecule has 0 aliphatic rings. The molecular weight excluding hydrogens is 182 g/mol. The quantitative estimate of drug-likeness (QED) is 0.750. The summed E-state index contributed by atoms with van der Waals surface area (Å²) in [5.74, 6) is 0.938. The molecule has 2 nitrogen and oxygen atoms in total. The smallest absolute Gasteiger partial charge is 0.104 e. The highest BCUT2D eigenvalue weighted by atomic mass is 32.2. The second kappa shape index (κ2) is 4.63. The minimum absolute atomic E-state index is 0.618. The van der Waals surface area contributed by atoms with Gasteiger partial charge >= 0.3 is 0 Å². The molecule has 0 amide bonds. The van der Waals surface area contributed by atoms with Crippen molar-refractivity contribution in [2.45, 2.75) is 25.2 Å². The topological polar surface area (TPSA) is 33.1 Å². The van der Waals surface area contributed by atoms with E-state index in [9.17, 15) is 5.11 Å². The van der Waals surface area contributed by atoms with E-state index in [0.717, 1.165) is 12.2 Å². The first-order valence-corrected chi connectivity index (χ1v) is 5.32. The zero-order valence-corrected chi connectivity index (χ0v) is 8.84. The van der Waals surface area contributed by atoms with Crippen LogP contribution in [0, 0.1) is 0 Å². The Morgan fingerprint density at radius 2 is 2.00 bits per heavy atom. The summed E-state index contributed by atoms with van der Waals surface area (Å²) in [7, 11) is 0. The maximum Gasteiger partial charge on any atom is 0.104 e. The highest BCUT2D eigenvalue weighted by molar-refractivity contribution is 8.00. The predicted octanol–water partition coefficient (Wildman–Crippen LogP) is 2.09. The molecule has 0 saturated carbocycles. The van der Waals surface area contributed by atoms with E-state index in [-0.39, 0.29) is 0 Å². The Morgan fingerprint density at radius 1 is 1.38 bits per heavy atom. The first-order chi connectivity index (χ1) is 6.08. The molecule has 72 valence electrons. The Labute approximate surface area is 83.4 Å². The second-order valence-electron chi connectivity index (χ2n) is 3.40. The van der Waals surface area contributed by atoms with Crippen LogP contribution in [0.5, 0.6) is 0 Å². The molecule has 0 fully saturated rings. The minimum atomic E-state index is -0.618. The number of aliphatic hydroxyl groups is 1. The van der Waals surface area contributed by atoms with Crippen molar-refractivity contribution in [3.05, 3.63) is 30.1 Å². The summed E-state index contributed by atoms with van der Waals surface area (Å²) in [6, 6.07) is 4.01. The lowest BCUT2D eigenvalue weighted by atomic mass is 10.2. The van der Waals surface area contributed by atoms with Gasteiger partial charge in [0.1, 0.15) is 4.93 Å². The predicted molar refractivity (Wildman–Crippen MR) is 56.7 cm³/mol. The molecule has 0 saturated heterocycles. The number of aryl methyl sites for hydroxylation is 1. The van der Waals surface area contributed by atoms with Crippen LogP contribution in [0.4, 0.5) is 0 Å². The fourth-order valence-electron chi connectivity index (χ4n) is 0.968. The fraction of sp³-hybridized carbons (Fsp3) is 0.500. The molecule has 3 heteroatoms. The van der Waals surface area contributed by atoms with Crippen LogP contribution in [-0.4, -0.2) is 20.8 Å². The molecule has 1 heterocycles. The van der Waals surface area contributed by atoms with E-state index in [0.29, 0.717) is 0 Å². The van der Waals surface area contributed by atoms with E-state index < -0.39 is 4.93 Å². The molecule has 0 aliphatic heterocycles. The van der Waals surface area contributed by atoms with Crippen LogP contribution in [0.15, 0.2) is 24.5 Å². The summed E-state index contributed by atoms with van der Waals surface area (Å²) >= 11 is 1.56. The van der Waals surface area contributed by atoms with Crippen LogP contribution in [0.25, 0.3) is 0 Å². The van der Waals surface area contributed by atoms with Crippen LogP contribution in [-0.2, 0) is 6.42 Å². The van der Waals surface area contributed by atoms with Gasteiger partial charge in [0.15, 0.2) is 0 Å². The van der Waals surface area contributed by atoms with Gasteiger partial charge in [-0.05, 0) is 38.0 Å². The summed E-state index contributed by atoms with van der Waals surface area (Å²) in [5, 5.41) is 9.45. The van der Waals surface area contributed by atoms with Crippen molar-refractivity contribution in [1.82, 2.24) is 4.98 Å². The number of hydrogen-bond donors (Lipinski definition) is 1. The molecule has 13 heavy (non-hydrogen) atoms. The van der Waals surface area contributed by atoms with Gasteiger partial charge < -0.3 is 5.11 Å². The fourth-order valence-corrected chi connectivity index (χ4v) is 1.81. The Morgan fingerprint density at radius 3 is 2.54 bits per heavy atom. The largest absolute Gasteiger partial charge is 0.380 e. The molecule has 1 aromatic rings. The lowest BCUT2D eigenvalue weighted by molar-refractivity contribution is 0.179. The van der Waals surface area contributed by atoms with E-state index >= 15 is 0 Å². The van der Waals surface area contributed by atoms with Crippen molar-refractivity contribution in [3.8, 4) is 0 Å². The molecule has 0 radical (unpaired) electrons. The maximum absolute atomic E-state index is 9.45. The van der Waals surface area contributed by atoms with Gasteiger partial charge in [-0.25, -0.2) is 0 Å². The van der Waals surface area contributed by atoms with Gasteiger partial charge in [0.25, 0.3) is 0 Å². The number of hydrogen-bond acceptors (Lipinski definition) is 3. The van der Waals surface area contributed by atoms with Gasteiger partial charge in [0.2, 0.25) is 0 Å². The zero-order valence-electron chi connectivity index (χ0n) is 8.03. The first kappa shape index (κ1) is 10.5. The van der Waals surface area contributed by atoms with Crippen molar-refractivity contribution in [3.63, 3.8) is 0 Å². The van der Waals surface area contributed by atoms with Crippen molar-refractivity contribution >= 4 is 11.8 Å². The van der Waals surface area contributed by atoms with Crippen LogP contribution in [0.3, 0.4) is 0 Å². The summed E-state index contributed by atoms with van der Waals surface area (Å²) < 4.78 is 0. The molecule has 0 atom stereocenters. The molecular formula is C10H15NOS. The normalized spacial score (nSPS) is 11.6. The van der Waals surface area contributed by atoms with Gasteiger partial charge in [-0.2, -0.15) is 0 Å². The molecule has 1 aromatic heterocycles. The van der Waals surface area contributed by atoms with E-state index in [1.807, 2.05) is 26.0 Å². The molecule has 0 unspecified atom stereocenters. The minimum Gasteiger partial charge on any atom is -0.380 e. The summed E-state index contributed by atoms with van der Waals surface area (Å²) in [6.07, 6.45) is 4.57. The zero-order chi connectivity index (χ0) is 9.73. The van der Waals surface area contributed by atoms with E-state index in [1.54, 1.807) is 24.2 Å². The summed E-state index contributed by atoms with van der Waals surface area (Å²) in [4.78, 5) is 3.33. The molecule has 1 rings (SSSR count). The van der Waals surface area contributed by atoms with Crippen LogP contribution in [0.2, 0.25) is 0 Å². The Hall–Kier alpha value is -0.540.